The Bertz CT molecular complexity index is 1170. The van der Waals surface area contributed by atoms with Crippen LogP contribution in [0.3, 0.4) is 0 Å². The maximum Gasteiger partial charge on any atom is 0.0690 e. The number of rotatable bonds is 3. The summed E-state index contributed by atoms with van der Waals surface area (Å²) in [6, 6.07) is 34.1. The molecular weight excluding hydrogens is 354 g/mol. The number of aromatic amines is 1. The molecule has 0 bridgehead atoms. The fraction of sp³-hybridized carbons (Fsp3) is 0. The monoisotopic (exact) mass is 375 g/mol. The maximum absolute atomic E-state index is 3.49. The SMILES string of the molecule is C(=Cc1ccccc1-c1cccc2ccccc12)c1ccccc1.c1cn[nH]n1. The number of fused-ring (bicyclic) bond motifs is 1. The summed E-state index contributed by atoms with van der Waals surface area (Å²) in [5, 5.41) is 11.9. The van der Waals surface area contributed by atoms with Crippen LogP contribution in [-0.4, -0.2) is 15.4 Å². The van der Waals surface area contributed by atoms with Crippen LogP contribution in [0, 0.1) is 0 Å². The number of H-pyrrole nitrogens is 1. The quantitative estimate of drug-likeness (QED) is 0.367. The largest absolute Gasteiger partial charge is 0.198 e. The van der Waals surface area contributed by atoms with Gasteiger partial charge in [0.15, 0.2) is 0 Å². The zero-order valence-electron chi connectivity index (χ0n) is 15.9. The molecule has 0 aliphatic carbocycles. The normalized spacial score (nSPS) is 10.6. The van der Waals surface area contributed by atoms with Gasteiger partial charge >= 0.3 is 0 Å². The molecular formula is C26H21N3. The van der Waals surface area contributed by atoms with Crippen molar-refractivity contribution in [3.8, 4) is 11.1 Å². The van der Waals surface area contributed by atoms with Crippen molar-refractivity contribution in [1.29, 1.82) is 0 Å². The minimum absolute atomic E-state index is 1.21. The van der Waals surface area contributed by atoms with E-state index in [-0.39, 0.29) is 0 Å². The fourth-order valence-corrected chi connectivity index (χ4v) is 3.26. The summed E-state index contributed by atoms with van der Waals surface area (Å²) < 4.78 is 0. The molecule has 0 saturated heterocycles. The van der Waals surface area contributed by atoms with Crippen LogP contribution in [0.15, 0.2) is 109 Å². The topological polar surface area (TPSA) is 41.6 Å². The summed E-state index contributed by atoms with van der Waals surface area (Å²) >= 11 is 0. The predicted octanol–water partition coefficient (Wildman–Crippen LogP) is 6.48. The summed E-state index contributed by atoms with van der Waals surface area (Å²) in [5.74, 6) is 0. The van der Waals surface area contributed by atoms with E-state index in [1.165, 1.54) is 33.0 Å². The second-order valence-electron chi connectivity index (χ2n) is 6.51. The Morgan fingerprint density at radius 1 is 0.552 bits per heavy atom. The molecule has 29 heavy (non-hydrogen) atoms. The Hall–Kier alpha value is -3.98. The Morgan fingerprint density at radius 2 is 1.21 bits per heavy atom. The molecule has 5 rings (SSSR count). The molecule has 0 fully saturated rings. The first kappa shape index (κ1) is 18.4. The molecule has 0 amide bonds. The first-order valence-corrected chi connectivity index (χ1v) is 9.52. The van der Waals surface area contributed by atoms with Gasteiger partial charge < -0.3 is 0 Å². The Balaban J connectivity index is 0.000000359. The van der Waals surface area contributed by atoms with Gasteiger partial charge in [0.05, 0.1) is 12.4 Å². The van der Waals surface area contributed by atoms with Gasteiger partial charge in [0.2, 0.25) is 0 Å². The highest BCUT2D eigenvalue weighted by molar-refractivity contribution is 5.98. The second-order valence-corrected chi connectivity index (χ2v) is 6.51. The minimum Gasteiger partial charge on any atom is -0.198 e. The molecule has 0 spiro atoms. The van der Waals surface area contributed by atoms with Crippen LogP contribution in [0.1, 0.15) is 11.1 Å². The number of benzene rings is 4. The van der Waals surface area contributed by atoms with Crippen molar-refractivity contribution in [1.82, 2.24) is 15.4 Å². The average molecular weight is 375 g/mol. The Kier molecular flexibility index (Phi) is 5.89. The van der Waals surface area contributed by atoms with Crippen LogP contribution in [0.25, 0.3) is 34.1 Å². The third-order valence-electron chi connectivity index (χ3n) is 4.63. The summed E-state index contributed by atoms with van der Waals surface area (Å²) in [4.78, 5) is 0. The van der Waals surface area contributed by atoms with Crippen LogP contribution >= 0.6 is 0 Å². The first-order chi connectivity index (χ1) is 14.4. The summed E-state index contributed by atoms with van der Waals surface area (Å²) in [6.07, 6.45) is 7.54. The molecule has 4 aromatic carbocycles. The van der Waals surface area contributed by atoms with Gasteiger partial charge in [-0.15, -0.1) is 0 Å². The zero-order chi connectivity index (χ0) is 19.7. The van der Waals surface area contributed by atoms with Gasteiger partial charge in [-0.3, -0.25) is 0 Å². The molecule has 3 heteroatoms. The molecule has 0 atom stereocenters. The van der Waals surface area contributed by atoms with E-state index in [1.807, 2.05) is 6.07 Å². The van der Waals surface area contributed by atoms with E-state index >= 15 is 0 Å². The lowest BCUT2D eigenvalue weighted by atomic mass is 9.94. The van der Waals surface area contributed by atoms with Gasteiger partial charge in [0, 0.05) is 0 Å². The molecule has 140 valence electrons. The zero-order valence-corrected chi connectivity index (χ0v) is 15.9. The smallest absolute Gasteiger partial charge is 0.0690 e. The van der Waals surface area contributed by atoms with Gasteiger partial charge in [-0.2, -0.15) is 15.4 Å². The van der Waals surface area contributed by atoms with Gasteiger partial charge in [0.1, 0.15) is 0 Å². The molecule has 1 heterocycles. The second kappa shape index (κ2) is 9.29. The van der Waals surface area contributed by atoms with E-state index in [0.717, 1.165) is 0 Å². The van der Waals surface area contributed by atoms with Gasteiger partial charge in [-0.05, 0) is 33.0 Å². The molecule has 0 aliphatic rings. The molecule has 3 nitrogen and oxygen atoms in total. The molecule has 0 unspecified atom stereocenters. The first-order valence-electron chi connectivity index (χ1n) is 9.52. The highest BCUT2D eigenvalue weighted by atomic mass is 15.3. The van der Waals surface area contributed by atoms with Crippen LogP contribution in [0.5, 0.6) is 0 Å². The van der Waals surface area contributed by atoms with Crippen molar-refractivity contribution in [3.05, 3.63) is 121 Å². The molecule has 0 radical (unpaired) electrons. The maximum atomic E-state index is 3.49. The van der Waals surface area contributed by atoms with Gasteiger partial charge in [0.25, 0.3) is 0 Å². The standard InChI is InChI=1S/C24H18.C2H3N3/c1-2-9-19(10-3-1)17-18-21-12-5-7-15-23(21)24-16-8-13-20-11-4-6-14-22(20)24;1-2-4-5-3-1/h1-18H;1-2H,(H,3,4,5). The van der Waals surface area contributed by atoms with Crippen molar-refractivity contribution in [3.63, 3.8) is 0 Å². The predicted molar refractivity (Wildman–Crippen MR) is 121 cm³/mol. The van der Waals surface area contributed by atoms with Crippen molar-refractivity contribution >= 4 is 22.9 Å². The number of aromatic nitrogens is 3. The van der Waals surface area contributed by atoms with E-state index in [9.17, 15) is 0 Å². The van der Waals surface area contributed by atoms with Crippen LogP contribution in [0.2, 0.25) is 0 Å². The third kappa shape index (κ3) is 4.66. The van der Waals surface area contributed by atoms with Crippen molar-refractivity contribution < 1.29 is 0 Å². The molecule has 0 aliphatic heterocycles. The van der Waals surface area contributed by atoms with Gasteiger partial charge in [-0.25, -0.2) is 0 Å². The lowest BCUT2D eigenvalue weighted by molar-refractivity contribution is 0.940. The van der Waals surface area contributed by atoms with E-state index in [2.05, 4.69) is 119 Å². The number of nitrogens with zero attached hydrogens (tertiary/aromatic N) is 2. The Morgan fingerprint density at radius 3 is 2.00 bits per heavy atom. The number of hydrogen-bond donors (Lipinski definition) is 1. The minimum atomic E-state index is 1.21. The molecule has 5 aromatic rings. The average Bonchev–Trinajstić information content (AvgIpc) is 3.39. The van der Waals surface area contributed by atoms with E-state index in [4.69, 9.17) is 0 Å². The lowest BCUT2D eigenvalue weighted by Crippen LogP contribution is -1.85. The van der Waals surface area contributed by atoms with Crippen molar-refractivity contribution in [2.24, 2.45) is 0 Å². The number of nitrogens with one attached hydrogen (secondary N) is 1. The Labute approximate surface area is 170 Å². The van der Waals surface area contributed by atoms with Crippen LogP contribution < -0.4 is 0 Å². The van der Waals surface area contributed by atoms with Crippen LogP contribution in [-0.2, 0) is 0 Å². The molecule has 1 aromatic heterocycles. The summed E-state index contributed by atoms with van der Waals surface area (Å²) in [6.45, 7) is 0. The fourth-order valence-electron chi connectivity index (χ4n) is 3.26. The summed E-state index contributed by atoms with van der Waals surface area (Å²) in [7, 11) is 0. The van der Waals surface area contributed by atoms with E-state index in [0.29, 0.717) is 0 Å². The highest BCUT2D eigenvalue weighted by Gasteiger charge is 2.06. The highest BCUT2D eigenvalue weighted by Crippen LogP contribution is 2.31. The number of hydrogen-bond acceptors (Lipinski definition) is 2. The van der Waals surface area contributed by atoms with Crippen LogP contribution in [0.4, 0.5) is 0 Å². The van der Waals surface area contributed by atoms with Gasteiger partial charge in [-0.1, -0.05) is 109 Å². The van der Waals surface area contributed by atoms with Crippen molar-refractivity contribution in [2.45, 2.75) is 0 Å². The van der Waals surface area contributed by atoms with E-state index in [1.54, 1.807) is 12.4 Å². The molecule has 0 saturated carbocycles. The lowest BCUT2D eigenvalue weighted by Gasteiger charge is -2.10. The third-order valence-corrected chi connectivity index (χ3v) is 4.63. The molecule has 1 N–H and O–H groups in total. The van der Waals surface area contributed by atoms with E-state index < -0.39 is 0 Å². The summed E-state index contributed by atoms with van der Waals surface area (Å²) in [5.41, 5.74) is 4.99. The van der Waals surface area contributed by atoms with Crippen molar-refractivity contribution in [2.75, 3.05) is 0 Å².